The van der Waals surface area contributed by atoms with E-state index in [1.165, 1.54) is 6.20 Å². The van der Waals surface area contributed by atoms with E-state index in [0.717, 1.165) is 55.3 Å². The van der Waals surface area contributed by atoms with Crippen molar-refractivity contribution in [1.82, 2.24) is 15.4 Å². The number of benzene rings is 1. The van der Waals surface area contributed by atoms with Crippen LogP contribution in [0.15, 0.2) is 42.2 Å². The van der Waals surface area contributed by atoms with Gasteiger partial charge in [-0.05, 0) is 58.2 Å². The lowest BCUT2D eigenvalue weighted by molar-refractivity contribution is -0.188. The lowest BCUT2D eigenvalue weighted by Gasteiger charge is -2.30. The van der Waals surface area contributed by atoms with Gasteiger partial charge in [-0.1, -0.05) is 31.6 Å². The first kappa shape index (κ1) is 26.3. The Labute approximate surface area is 194 Å². The second kappa shape index (κ2) is 10.8. The van der Waals surface area contributed by atoms with Gasteiger partial charge in [0.2, 0.25) is 0 Å². The number of nitrogens with two attached hydrogens (primary N) is 1. The average Bonchev–Trinajstić information content (AvgIpc) is 3.02. The SMILES string of the molecule is CC.Cc1ccc2c(c1)c(C#N)c(C/C=C\C(=C/N)NNC(C)(C)C(F)(F)F)n2C1CCC1. The van der Waals surface area contributed by atoms with E-state index in [4.69, 9.17) is 5.73 Å². The van der Waals surface area contributed by atoms with Crippen LogP contribution in [0.2, 0.25) is 0 Å². The molecular weight excluding hydrogens is 427 g/mol. The molecule has 2 aromatic rings. The molecule has 33 heavy (non-hydrogen) atoms. The van der Waals surface area contributed by atoms with Crippen LogP contribution in [0.5, 0.6) is 0 Å². The number of aromatic nitrogens is 1. The third-order valence-corrected chi connectivity index (χ3v) is 5.83. The van der Waals surface area contributed by atoms with Crippen molar-refractivity contribution in [3.8, 4) is 6.07 Å². The minimum atomic E-state index is -4.42. The predicted molar refractivity (Wildman–Crippen MR) is 127 cm³/mol. The summed E-state index contributed by atoms with van der Waals surface area (Å²) in [4.78, 5) is 0. The zero-order chi connectivity index (χ0) is 24.8. The maximum absolute atomic E-state index is 13.0. The van der Waals surface area contributed by atoms with Crippen LogP contribution >= 0.6 is 0 Å². The van der Waals surface area contributed by atoms with E-state index in [-0.39, 0.29) is 0 Å². The van der Waals surface area contributed by atoms with Gasteiger partial charge < -0.3 is 15.7 Å². The van der Waals surface area contributed by atoms with Gasteiger partial charge in [-0.15, -0.1) is 0 Å². The van der Waals surface area contributed by atoms with Crippen LogP contribution < -0.4 is 16.6 Å². The van der Waals surface area contributed by atoms with Gasteiger partial charge in [-0.3, -0.25) is 0 Å². The zero-order valence-corrected chi connectivity index (χ0v) is 20.0. The summed E-state index contributed by atoms with van der Waals surface area (Å²) in [5.74, 6) is 0. The first-order chi connectivity index (χ1) is 15.6. The monoisotopic (exact) mass is 461 g/mol. The minimum Gasteiger partial charge on any atom is -0.403 e. The fraction of sp³-hybridized carbons (Fsp3) is 0.480. The third-order valence-electron chi connectivity index (χ3n) is 5.83. The Balaban J connectivity index is 0.00000187. The second-order valence-electron chi connectivity index (χ2n) is 8.51. The van der Waals surface area contributed by atoms with Crippen LogP contribution in [0, 0.1) is 18.3 Å². The number of hydrogen-bond acceptors (Lipinski definition) is 4. The molecule has 0 bridgehead atoms. The van der Waals surface area contributed by atoms with E-state index in [1.807, 2.05) is 39.0 Å². The molecule has 1 aromatic heterocycles. The Morgan fingerprint density at radius 2 is 1.94 bits per heavy atom. The molecule has 0 radical (unpaired) electrons. The lowest BCUT2D eigenvalue weighted by Crippen LogP contribution is -2.56. The molecule has 1 fully saturated rings. The fourth-order valence-corrected chi connectivity index (χ4v) is 3.60. The maximum Gasteiger partial charge on any atom is 0.407 e. The molecule has 0 unspecified atom stereocenters. The average molecular weight is 462 g/mol. The number of aryl methyl sites for hydroxylation is 1. The van der Waals surface area contributed by atoms with Gasteiger partial charge in [-0.2, -0.15) is 18.4 Å². The van der Waals surface area contributed by atoms with Gasteiger partial charge >= 0.3 is 6.18 Å². The first-order valence-electron chi connectivity index (χ1n) is 11.3. The van der Waals surface area contributed by atoms with Crippen LogP contribution in [0.3, 0.4) is 0 Å². The van der Waals surface area contributed by atoms with Gasteiger partial charge in [0.1, 0.15) is 11.6 Å². The van der Waals surface area contributed by atoms with E-state index in [0.29, 0.717) is 23.7 Å². The fourth-order valence-electron chi connectivity index (χ4n) is 3.60. The molecule has 3 rings (SSSR count). The highest BCUT2D eigenvalue weighted by atomic mass is 19.4. The highest BCUT2D eigenvalue weighted by Crippen LogP contribution is 2.39. The van der Waals surface area contributed by atoms with Crippen molar-refractivity contribution in [1.29, 1.82) is 5.26 Å². The van der Waals surface area contributed by atoms with E-state index in [1.54, 1.807) is 6.08 Å². The van der Waals surface area contributed by atoms with E-state index < -0.39 is 11.7 Å². The van der Waals surface area contributed by atoms with E-state index in [9.17, 15) is 18.4 Å². The Kier molecular flexibility index (Phi) is 8.62. The normalized spacial score (nSPS) is 15.2. The highest BCUT2D eigenvalue weighted by Gasteiger charge is 2.47. The summed E-state index contributed by atoms with van der Waals surface area (Å²) in [7, 11) is 0. The van der Waals surface area contributed by atoms with E-state index >= 15 is 0 Å². The van der Waals surface area contributed by atoms with Crippen molar-refractivity contribution >= 4 is 10.9 Å². The molecule has 4 N–H and O–H groups in total. The van der Waals surface area contributed by atoms with Crippen molar-refractivity contribution in [2.24, 2.45) is 5.73 Å². The molecule has 1 aliphatic carbocycles. The molecule has 0 amide bonds. The largest absolute Gasteiger partial charge is 0.407 e. The summed E-state index contributed by atoms with van der Waals surface area (Å²) in [5.41, 5.74) is 12.3. The maximum atomic E-state index is 13.0. The Bertz CT molecular complexity index is 1050. The van der Waals surface area contributed by atoms with Crippen LogP contribution in [0.25, 0.3) is 10.9 Å². The molecule has 0 saturated heterocycles. The van der Waals surface area contributed by atoms with Crippen LogP contribution in [0.4, 0.5) is 13.2 Å². The van der Waals surface area contributed by atoms with Gasteiger partial charge in [0.25, 0.3) is 0 Å². The zero-order valence-electron chi connectivity index (χ0n) is 20.0. The standard InChI is InChI=1S/C23H28F3N5.C2H6/c1-15-10-11-21-18(12-15)19(14-28)20(31(21)17-7-5-8-17)9-4-6-16(13-27)29-30-22(2,3)23(24,25)26;1-2/h4,6,10-13,17,29-30H,5,7-9,27H2,1-3H3;1-2H3/b6-4-,16-13+;. The molecule has 0 spiro atoms. The van der Waals surface area contributed by atoms with Crippen molar-refractivity contribution in [3.63, 3.8) is 0 Å². The predicted octanol–water partition coefficient (Wildman–Crippen LogP) is 5.91. The molecule has 1 aliphatic rings. The molecule has 5 nitrogen and oxygen atoms in total. The van der Waals surface area contributed by atoms with Crippen molar-refractivity contribution in [3.05, 3.63) is 59.1 Å². The topological polar surface area (TPSA) is 78.8 Å². The Morgan fingerprint density at radius 1 is 1.27 bits per heavy atom. The molecule has 1 saturated carbocycles. The number of nitriles is 1. The summed E-state index contributed by atoms with van der Waals surface area (Å²) in [6.07, 6.45) is 3.99. The third kappa shape index (κ3) is 5.72. The number of alkyl halides is 3. The summed E-state index contributed by atoms with van der Waals surface area (Å²) in [6, 6.07) is 8.87. The molecular formula is C25H34F3N5. The number of allylic oxidation sites excluding steroid dienone is 2. The highest BCUT2D eigenvalue weighted by molar-refractivity contribution is 5.89. The lowest BCUT2D eigenvalue weighted by atomic mass is 9.92. The van der Waals surface area contributed by atoms with Crippen LogP contribution in [-0.2, 0) is 6.42 Å². The number of hydrogen-bond donors (Lipinski definition) is 3. The van der Waals surface area contributed by atoms with Gasteiger partial charge in [-0.25, -0.2) is 5.43 Å². The van der Waals surface area contributed by atoms with Gasteiger partial charge in [0, 0.05) is 35.3 Å². The van der Waals surface area contributed by atoms with Crippen LogP contribution in [-0.4, -0.2) is 16.3 Å². The first-order valence-corrected chi connectivity index (χ1v) is 11.3. The van der Waals surface area contributed by atoms with Crippen molar-refractivity contribution in [2.45, 2.75) is 78.1 Å². The summed E-state index contributed by atoms with van der Waals surface area (Å²) in [5, 5.41) is 10.8. The summed E-state index contributed by atoms with van der Waals surface area (Å²) in [6.45, 7) is 8.08. The molecule has 1 aromatic carbocycles. The van der Waals surface area contributed by atoms with Gasteiger partial charge in [0.05, 0.1) is 11.3 Å². The van der Waals surface area contributed by atoms with Crippen molar-refractivity contribution in [2.75, 3.05) is 0 Å². The van der Waals surface area contributed by atoms with Crippen LogP contribution in [0.1, 0.15) is 69.8 Å². The molecule has 8 heteroatoms. The number of hydrazine groups is 1. The summed E-state index contributed by atoms with van der Waals surface area (Å²) >= 11 is 0. The molecule has 180 valence electrons. The van der Waals surface area contributed by atoms with Crippen molar-refractivity contribution < 1.29 is 13.2 Å². The van der Waals surface area contributed by atoms with Gasteiger partial charge in [0.15, 0.2) is 0 Å². The Hall–Kier alpha value is -2.92. The second-order valence-corrected chi connectivity index (χ2v) is 8.51. The number of halogens is 3. The number of fused-ring (bicyclic) bond motifs is 1. The smallest absolute Gasteiger partial charge is 0.403 e. The quantitative estimate of drug-likeness (QED) is 0.354. The minimum absolute atomic E-state index is 0.304. The number of nitrogens with one attached hydrogen (secondary N) is 2. The van der Waals surface area contributed by atoms with E-state index in [2.05, 4.69) is 27.6 Å². The molecule has 0 atom stereocenters. The number of nitrogens with zero attached hydrogens (tertiary/aromatic N) is 2. The Morgan fingerprint density at radius 3 is 2.45 bits per heavy atom. The molecule has 1 heterocycles. The molecule has 0 aliphatic heterocycles. The summed E-state index contributed by atoms with van der Waals surface area (Å²) < 4.78 is 41.3. The number of rotatable bonds is 7.